The average Bonchev–Trinajstić information content (AvgIpc) is 2.46. The van der Waals surface area contributed by atoms with Crippen LogP contribution in [0.25, 0.3) is 0 Å². The van der Waals surface area contributed by atoms with E-state index in [9.17, 15) is 4.79 Å². The highest BCUT2D eigenvalue weighted by Gasteiger charge is 2.04. The van der Waals surface area contributed by atoms with Crippen LogP contribution in [0.4, 0.5) is 0 Å². The molecule has 1 rings (SSSR count). The minimum Gasteiger partial charge on any atom is -0.461 e. The van der Waals surface area contributed by atoms with Crippen LogP contribution < -0.4 is 0 Å². The zero-order valence-corrected chi connectivity index (χ0v) is 12.1. The van der Waals surface area contributed by atoms with Gasteiger partial charge in [-0.05, 0) is 38.0 Å². The van der Waals surface area contributed by atoms with Crippen LogP contribution in [-0.4, -0.2) is 30.5 Å². The number of esters is 1. The summed E-state index contributed by atoms with van der Waals surface area (Å²) >= 11 is 0. The minimum absolute atomic E-state index is 0.0941. The van der Waals surface area contributed by atoms with Crippen molar-refractivity contribution in [3.8, 4) is 0 Å². The van der Waals surface area contributed by atoms with Gasteiger partial charge in [0.25, 0.3) is 0 Å². The highest BCUT2D eigenvalue weighted by Crippen LogP contribution is 2.04. The molecule has 0 bridgehead atoms. The van der Waals surface area contributed by atoms with E-state index in [2.05, 4.69) is 18.7 Å². The van der Waals surface area contributed by atoms with E-state index in [0.717, 1.165) is 38.0 Å². The van der Waals surface area contributed by atoms with Gasteiger partial charge < -0.3 is 9.64 Å². The molecule has 0 saturated heterocycles. The van der Waals surface area contributed by atoms with Crippen LogP contribution in [0.15, 0.2) is 30.3 Å². The Hall–Kier alpha value is -1.35. The predicted molar refractivity (Wildman–Crippen MR) is 77.9 cm³/mol. The lowest BCUT2D eigenvalue weighted by atomic mass is 10.2. The summed E-state index contributed by atoms with van der Waals surface area (Å²) in [6.07, 6.45) is 2.49. The summed E-state index contributed by atoms with van der Waals surface area (Å²) in [4.78, 5) is 13.9. The fourth-order valence-electron chi connectivity index (χ4n) is 1.95. The number of unbranched alkanes of at least 4 members (excludes halogenated alkanes) is 1. The van der Waals surface area contributed by atoms with Crippen molar-refractivity contribution >= 4 is 5.97 Å². The lowest BCUT2D eigenvalue weighted by Gasteiger charge is -2.17. The molecule has 0 amide bonds. The fraction of sp³-hybridized carbons (Fsp3) is 0.562. The Bertz CT molecular complexity index is 347. The van der Waals surface area contributed by atoms with Gasteiger partial charge in [0.05, 0.1) is 0 Å². The SMILES string of the molecule is CCN(CC)CCCCC(=O)OCc1ccccc1. The molecule has 0 aromatic heterocycles. The van der Waals surface area contributed by atoms with Crippen LogP contribution >= 0.6 is 0 Å². The normalized spacial score (nSPS) is 10.7. The van der Waals surface area contributed by atoms with Gasteiger partial charge in [0.1, 0.15) is 6.61 Å². The second-order valence-corrected chi connectivity index (χ2v) is 4.63. The first-order valence-corrected chi connectivity index (χ1v) is 7.18. The number of ether oxygens (including phenoxy) is 1. The zero-order chi connectivity index (χ0) is 13.9. The molecule has 1 aromatic carbocycles. The maximum Gasteiger partial charge on any atom is 0.306 e. The molecule has 0 heterocycles. The third kappa shape index (κ3) is 6.97. The highest BCUT2D eigenvalue weighted by atomic mass is 16.5. The molecular formula is C16H25NO2. The lowest BCUT2D eigenvalue weighted by Crippen LogP contribution is -2.24. The van der Waals surface area contributed by atoms with Crippen LogP contribution in [0.2, 0.25) is 0 Å². The first kappa shape index (κ1) is 15.7. The molecule has 0 saturated carbocycles. The number of benzene rings is 1. The summed E-state index contributed by atoms with van der Waals surface area (Å²) < 4.78 is 5.24. The van der Waals surface area contributed by atoms with Crippen molar-refractivity contribution in [3.05, 3.63) is 35.9 Å². The number of hydrogen-bond donors (Lipinski definition) is 0. The molecule has 0 aliphatic rings. The highest BCUT2D eigenvalue weighted by molar-refractivity contribution is 5.69. The quantitative estimate of drug-likeness (QED) is 0.506. The van der Waals surface area contributed by atoms with Crippen LogP contribution in [-0.2, 0) is 16.1 Å². The summed E-state index contributed by atoms with van der Waals surface area (Å²) in [5, 5.41) is 0. The molecule has 3 heteroatoms. The van der Waals surface area contributed by atoms with E-state index < -0.39 is 0 Å². The van der Waals surface area contributed by atoms with Crippen molar-refractivity contribution in [1.29, 1.82) is 0 Å². The molecule has 3 nitrogen and oxygen atoms in total. The second kappa shape index (κ2) is 9.56. The molecule has 1 aromatic rings. The molecule has 106 valence electrons. The standard InChI is InChI=1S/C16H25NO2/c1-3-17(4-2)13-9-8-12-16(18)19-14-15-10-6-5-7-11-15/h5-7,10-11H,3-4,8-9,12-14H2,1-2H3. The van der Waals surface area contributed by atoms with Gasteiger partial charge in [-0.15, -0.1) is 0 Å². The third-order valence-electron chi connectivity index (χ3n) is 3.24. The molecule has 0 aliphatic carbocycles. The average molecular weight is 263 g/mol. The van der Waals surface area contributed by atoms with E-state index in [1.807, 2.05) is 30.3 Å². The molecule has 0 N–H and O–H groups in total. The Kier molecular flexibility index (Phi) is 7.91. The first-order chi connectivity index (χ1) is 9.26. The first-order valence-electron chi connectivity index (χ1n) is 7.18. The van der Waals surface area contributed by atoms with E-state index in [0.29, 0.717) is 13.0 Å². The van der Waals surface area contributed by atoms with Gasteiger partial charge in [-0.2, -0.15) is 0 Å². The van der Waals surface area contributed by atoms with E-state index in [1.54, 1.807) is 0 Å². The Balaban J connectivity index is 2.08. The van der Waals surface area contributed by atoms with Crippen molar-refractivity contribution in [1.82, 2.24) is 4.90 Å². The summed E-state index contributed by atoms with van der Waals surface area (Å²) in [6.45, 7) is 7.94. The Morgan fingerprint density at radius 1 is 1.11 bits per heavy atom. The second-order valence-electron chi connectivity index (χ2n) is 4.63. The Morgan fingerprint density at radius 2 is 1.79 bits per heavy atom. The van der Waals surface area contributed by atoms with Gasteiger partial charge in [0.15, 0.2) is 0 Å². The van der Waals surface area contributed by atoms with Crippen molar-refractivity contribution in [2.45, 2.75) is 39.7 Å². The fourth-order valence-corrected chi connectivity index (χ4v) is 1.95. The number of rotatable bonds is 9. The number of hydrogen-bond acceptors (Lipinski definition) is 3. The van der Waals surface area contributed by atoms with Crippen molar-refractivity contribution in [3.63, 3.8) is 0 Å². The Labute approximate surface area is 116 Å². The maximum absolute atomic E-state index is 11.6. The molecule has 0 atom stereocenters. The van der Waals surface area contributed by atoms with Gasteiger partial charge in [-0.1, -0.05) is 44.2 Å². The van der Waals surface area contributed by atoms with Crippen LogP contribution in [0.3, 0.4) is 0 Å². The zero-order valence-electron chi connectivity index (χ0n) is 12.1. The van der Waals surface area contributed by atoms with E-state index in [1.165, 1.54) is 0 Å². The van der Waals surface area contributed by atoms with Crippen molar-refractivity contribution in [2.75, 3.05) is 19.6 Å². The topological polar surface area (TPSA) is 29.5 Å². The molecule has 0 unspecified atom stereocenters. The monoisotopic (exact) mass is 263 g/mol. The summed E-state index contributed by atoms with van der Waals surface area (Å²) in [6, 6.07) is 9.79. The lowest BCUT2D eigenvalue weighted by molar-refractivity contribution is -0.145. The van der Waals surface area contributed by atoms with Crippen LogP contribution in [0.5, 0.6) is 0 Å². The largest absolute Gasteiger partial charge is 0.461 e. The van der Waals surface area contributed by atoms with E-state index >= 15 is 0 Å². The van der Waals surface area contributed by atoms with Gasteiger partial charge >= 0.3 is 5.97 Å². The van der Waals surface area contributed by atoms with E-state index in [-0.39, 0.29) is 5.97 Å². The third-order valence-corrected chi connectivity index (χ3v) is 3.24. The van der Waals surface area contributed by atoms with Gasteiger partial charge in [0.2, 0.25) is 0 Å². The molecule has 0 fully saturated rings. The van der Waals surface area contributed by atoms with Crippen LogP contribution in [0, 0.1) is 0 Å². The summed E-state index contributed by atoms with van der Waals surface area (Å²) in [5.41, 5.74) is 1.04. The maximum atomic E-state index is 11.6. The predicted octanol–water partition coefficient (Wildman–Crippen LogP) is 3.24. The molecule has 0 spiro atoms. The Morgan fingerprint density at radius 3 is 2.42 bits per heavy atom. The van der Waals surface area contributed by atoms with Crippen LogP contribution in [0.1, 0.15) is 38.7 Å². The molecule has 0 radical (unpaired) electrons. The van der Waals surface area contributed by atoms with Gasteiger partial charge in [0, 0.05) is 6.42 Å². The number of nitrogens with zero attached hydrogens (tertiary/aromatic N) is 1. The van der Waals surface area contributed by atoms with Crippen molar-refractivity contribution in [2.24, 2.45) is 0 Å². The minimum atomic E-state index is -0.0941. The number of carbonyl (C=O) groups excluding carboxylic acids is 1. The van der Waals surface area contributed by atoms with Gasteiger partial charge in [-0.25, -0.2) is 0 Å². The summed E-state index contributed by atoms with van der Waals surface area (Å²) in [7, 11) is 0. The van der Waals surface area contributed by atoms with E-state index in [4.69, 9.17) is 4.74 Å². The number of carbonyl (C=O) groups is 1. The summed E-state index contributed by atoms with van der Waals surface area (Å²) in [5.74, 6) is -0.0941. The smallest absolute Gasteiger partial charge is 0.306 e. The van der Waals surface area contributed by atoms with Crippen molar-refractivity contribution < 1.29 is 9.53 Å². The molecular weight excluding hydrogens is 238 g/mol. The van der Waals surface area contributed by atoms with Gasteiger partial charge in [-0.3, -0.25) is 4.79 Å². The molecule has 19 heavy (non-hydrogen) atoms. The molecule has 0 aliphatic heterocycles.